The molecule has 2 aromatic rings. The van der Waals surface area contributed by atoms with Crippen LogP contribution in [-0.2, 0) is 0 Å². The van der Waals surface area contributed by atoms with E-state index in [0.717, 1.165) is 17.5 Å². The van der Waals surface area contributed by atoms with Crippen molar-refractivity contribution in [2.75, 3.05) is 6.61 Å². The van der Waals surface area contributed by atoms with Crippen LogP contribution in [0.4, 0.5) is 0 Å². The van der Waals surface area contributed by atoms with Gasteiger partial charge in [0.1, 0.15) is 5.75 Å². The molecule has 0 spiro atoms. The zero-order valence-electron chi connectivity index (χ0n) is 12.8. The molecule has 0 aliphatic carbocycles. The van der Waals surface area contributed by atoms with Crippen molar-refractivity contribution in [2.24, 2.45) is 0 Å². The number of carbonyl (C=O) groups excluding carboxylic acids is 1. The molecule has 2 aromatic carbocycles. The van der Waals surface area contributed by atoms with E-state index in [0.29, 0.717) is 17.9 Å². The van der Waals surface area contributed by atoms with E-state index < -0.39 is 5.24 Å². The van der Waals surface area contributed by atoms with Crippen molar-refractivity contribution in [1.29, 1.82) is 0 Å². The van der Waals surface area contributed by atoms with Crippen molar-refractivity contribution in [3.05, 3.63) is 54.1 Å². The second-order valence-corrected chi connectivity index (χ2v) is 5.60. The summed E-state index contributed by atoms with van der Waals surface area (Å²) in [7, 11) is 0. The van der Waals surface area contributed by atoms with E-state index in [1.54, 1.807) is 6.07 Å². The molecule has 0 bridgehead atoms. The smallest absolute Gasteiger partial charge is 0.253 e. The summed E-state index contributed by atoms with van der Waals surface area (Å²) in [4.78, 5) is 11.7. The summed E-state index contributed by atoms with van der Waals surface area (Å²) in [6.07, 6.45) is 4.62. The molecule has 0 aliphatic rings. The van der Waals surface area contributed by atoms with Gasteiger partial charge in [0, 0.05) is 5.56 Å². The van der Waals surface area contributed by atoms with Crippen LogP contribution in [-0.4, -0.2) is 11.8 Å². The minimum absolute atomic E-state index is 0.463. The summed E-state index contributed by atoms with van der Waals surface area (Å²) >= 11 is 5.74. The molecule has 0 radical (unpaired) electrons. The van der Waals surface area contributed by atoms with Gasteiger partial charge in [-0.25, -0.2) is 0 Å². The van der Waals surface area contributed by atoms with Crippen LogP contribution in [0.2, 0.25) is 0 Å². The summed E-state index contributed by atoms with van der Waals surface area (Å²) in [5, 5.41) is -0.463. The minimum atomic E-state index is -0.463. The van der Waals surface area contributed by atoms with Gasteiger partial charge in [0.05, 0.1) is 6.61 Å². The van der Waals surface area contributed by atoms with Gasteiger partial charge >= 0.3 is 0 Å². The number of rotatable bonds is 8. The lowest BCUT2D eigenvalue weighted by Crippen LogP contribution is -2.00. The third kappa shape index (κ3) is 4.60. The highest BCUT2D eigenvalue weighted by molar-refractivity contribution is 6.68. The van der Waals surface area contributed by atoms with Crippen LogP contribution in [0.25, 0.3) is 11.1 Å². The summed E-state index contributed by atoms with van der Waals surface area (Å²) < 4.78 is 5.72. The maximum Gasteiger partial charge on any atom is 0.253 e. The molecule has 2 nitrogen and oxygen atoms in total. The maximum atomic E-state index is 11.7. The Morgan fingerprint density at radius 1 is 1.05 bits per heavy atom. The molecular formula is C19H21ClO2. The fraction of sp³-hybridized carbons (Fsp3) is 0.316. The summed E-state index contributed by atoms with van der Waals surface area (Å²) in [5.41, 5.74) is 2.29. The number of hydrogen-bond donors (Lipinski definition) is 0. The van der Waals surface area contributed by atoms with E-state index in [2.05, 4.69) is 6.92 Å². The van der Waals surface area contributed by atoms with Crippen molar-refractivity contribution in [1.82, 2.24) is 0 Å². The first-order valence-electron chi connectivity index (χ1n) is 7.74. The first-order valence-corrected chi connectivity index (χ1v) is 8.12. The Kier molecular flexibility index (Phi) is 6.47. The molecule has 0 fully saturated rings. The lowest BCUT2D eigenvalue weighted by Gasteiger charge is -2.11. The fourth-order valence-electron chi connectivity index (χ4n) is 2.36. The standard InChI is InChI=1S/C19H21ClO2/c1-2-3-4-8-13-22-16-11-12-17(18(14-16)19(20)21)15-9-6-5-7-10-15/h5-7,9-12,14H,2-4,8,13H2,1H3. The van der Waals surface area contributed by atoms with Gasteiger partial charge in [-0.3, -0.25) is 4.79 Å². The van der Waals surface area contributed by atoms with Crippen molar-refractivity contribution < 1.29 is 9.53 Å². The molecule has 0 aromatic heterocycles. The first kappa shape index (κ1) is 16.6. The molecular weight excluding hydrogens is 296 g/mol. The van der Waals surface area contributed by atoms with E-state index in [1.165, 1.54) is 19.3 Å². The summed E-state index contributed by atoms with van der Waals surface area (Å²) in [6.45, 7) is 2.85. The Morgan fingerprint density at radius 2 is 1.82 bits per heavy atom. The van der Waals surface area contributed by atoms with E-state index in [4.69, 9.17) is 16.3 Å². The van der Waals surface area contributed by atoms with Crippen molar-refractivity contribution in [3.8, 4) is 16.9 Å². The first-order chi connectivity index (χ1) is 10.7. The largest absolute Gasteiger partial charge is 0.494 e. The minimum Gasteiger partial charge on any atom is -0.494 e. The van der Waals surface area contributed by atoms with Gasteiger partial charge < -0.3 is 4.74 Å². The van der Waals surface area contributed by atoms with E-state index >= 15 is 0 Å². The number of benzene rings is 2. The van der Waals surface area contributed by atoms with E-state index in [9.17, 15) is 4.79 Å². The molecule has 0 aliphatic heterocycles. The van der Waals surface area contributed by atoms with Gasteiger partial charge in [0.15, 0.2) is 0 Å². The molecule has 22 heavy (non-hydrogen) atoms. The molecule has 0 amide bonds. The molecule has 0 saturated carbocycles. The second kappa shape index (κ2) is 8.60. The third-order valence-corrected chi connectivity index (χ3v) is 3.76. The molecule has 0 N–H and O–H groups in total. The van der Waals surface area contributed by atoms with Crippen LogP contribution in [0.5, 0.6) is 5.75 Å². The monoisotopic (exact) mass is 316 g/mol. The van der Waals surface area contributed by atoms with Crippen LogP contribution < -0.4 is 4.74 Å². The van der Waals surface area contributed by atoms with Gasteiger partial charge in [0.2, 0.25) is 0 Å². The predicted molar refractivity (Wildman–Crippen MR) is 91.7 cm³/mol. The Labute approximate surface area is 137 Å². The third-order valence-electron chi connectivity index (χ3n) is 3.55. The molecule has 0 atom stereocenters. The number of hydrogen-bond acceptors (Lipinski definition) is 2. The quantitative estimate of drug-likeness (QED) is 0.462. The molecule has 116 valence electrons. The average Bonchev–Trinajstić information content (AvgIpc) is 2.55. The number of carbonyl (C=O) groups is 1. The van der Waals surface area contributed by atoms with E-state index in [-0.39, 0.29) is 0 Å². The normalized spacial score (nSPS) is 10.5. The van der Waals surface area contributed by atoms with E-state index in [1.807, 2.05) is 42.5 Å². The van der Waals surface area contributed by atoms with Gasteiger partial charge in [-0.2, -0.15) is 0 Å². The zero-order valence-corrected chi connectivity index (χ0v) is 13.6. The number of halogens is 1. The van der Waals surface area contributed by atoms with Crippen LogP contribution in [0.3, 0.4) is 0 Å². The number of ether oxygens (including phenoxy) is 1. The fourth-order valence-corrected chi connectivity index (χ4v) is 2.52. The summed E-state index contributed by atoms with van der Waals surface area (Å²) in [6, 6.07) is 15.3. The lowest BCUT2D eigenvalue weighted by atomic mass is 10.00. The van der Waals surface area contributed by atoms with Crippen molar-refractivity contribution in [3.63, 3.8) is 0 Å². The molecule has 0 saturated heterocycles. The predicted octanol–water partition coefficient (Wildman–Crippen LogP) is 5.69. The van der Waals surface area contributed by atoms with Gasteiger partial charge in [-0.1, -0.05) is 56.5 Å². The van der Waals surface area contributed by atoms with Crippen molar-refractivity contribution >= 4 is 16.8 Å². The number of unbranched alkanes of at least 4 members (excludes halogenated alkanes) is 3. The second-order valence-electron chi connectivity index (χ2n) is 5.26. The Hall–Kier alpha value is -1.80. The maximum absolute atomic E-state index is 11.7. The van der Waals surface area contributed by atoms with Gasteiger partial charge in [0.25, 0.3) is 5.24 Å². The Balaban J connectivity index is 2.12. The van der Waals surface area contributed by atoms with Gasteiger partial charge in [-0.15, -0.1) is 0 Å². The van der Waals surface area contributed by atoms with Gasteiger partial charge in [-0.05, 0) is 47.3 Å². The molecule has 2 rings (SSSR count). The SMILES string of the molecule is CCCCCCOc1ccc(-c2ccccc2)c(C(=O)Cl)c1. The topological polar surface area (TPSA) is 26.3 Å². The molecule has 3 heteroatoms. The van der Waals surface area contributed by atoms with Crippen LogP contribution in [0.1, 0.15) is 43.0 Å². The van der Waals surface area contributed by atoms with Crippen LogP contribution >= 0.6 is 11.6 Å². The Morgan fingerprint density at radius 3 is 2.50 bits per heavy atom. The van der Waals surface area contributed by atoms with Crippen LogP contribution in [0.15, 0.2) is 48.5 Å². The highest BCUT2D eigenvalue weighted by Crippen LogP contribution is 2.28. The molecule has 0 unspecified atom stereocenters. The molecule has 0 heterocycles. The summed E-state index contributed by atoms with van der Waals surface area (Å²) in [5.74, 6) is 0.695. The lowest BCUT2D eigenvalue weighted by molar-refractivity contribution is 0.108. The highest BCUT2D eigenvalue weighted by atomic mass is 35.5. The highest BCUT2D eigenvalue weighted by Gasteiger charge is 2.12. The van der Waals surface area contributed by atoms with Crippen molar-refractivity contribution in [2.45, 2.75) is 32.6 Å². The zero-order chi connectivity index (χ0) is 15.8. The Bertz CT molecular complexity index is 608. The average molecular weight is 317 g/mol. The van der Waals surface area contributed by atoms with Crippen LogP contribution in [0, 0.1) is 0 Å².